The van der Waals surface area contributed by atoms with Crippen LogP contribution in [0.1, 0.15) is 40.5 Å². The van der Waals surface area contributed by atoms with Gasteiger partial charge in [-0.2, -0.15) is 0 Å². The van der Waals surface area contributed by atoms with E-state index in [2.05, 4.69) is 24.5 Å². The van der Waals surface area contributed by atoms with Crippen molar-refractivity contribution in [2.45, 2.75) is 40.5 Å². The van der Waals surface area contributed by atoms with Crippen molar-refractivity contribution in [2.75, 3.05) is 36.8 Å². The Morgan fingerprint density at radius 2 is 1.11 bits per heavy atom. The Bertz CT molecular complexity index is 739. The van der Waals surface area contributed by atoms with E-state index in [1.165, 1.54) is 0 Å². The van der Waals surface area contributed by atoms with E-state index in [1.54, 1.807) is 9.80 Å². The molecule has 0 aromatic heterocycles. The summed E-state index contributed by atoms with van der Waals surface area (Å²) in [4.78, 5) is 28.7. The van der Waals surface area contributed by atoms with Gasteiger partial charge in [-0.3, -0.25) is 0 Å². The molecule has 2 N–H and O–H groups in total. The fourth-order valence-corrected chi connectivity index (χ4v) is 3.26. The maximum Gasteiger partial charge on any atom is 0.321 e. The van der Waals surface area contributed by atoms with Gasteiger partial charge in [0.05, 0.1) is 11.4 Å². The van der Waals surface area contributed by atoms with Crippen LogP contribution >= 0.6 is 0 Å². The second kappa shape index (κ2) is 10.5. The van der Waals surface area contributed by atoms with E-state index in [0.29, 0.717) is 13.1 Å². The van der Waals surface area contributed by atoms with Crippen molar-refractivity contribution in [1.29, 1.82) is 0 Å². The first-order valence-corrected chi connectivity index (χ1v) is 10.2. The Balaban J connectivity index is 2.29. The fourth-order valence-electron chi connectivity index (χ4n) is 3.26. The summed E-state index contributed by atoms with van der Waals surface area (Å²) in [5, 5.41) is 7.84. The van der Waals surface area contributed by atoms with Crippen molar-refractivity contribution in [2.24, 2.45) is 0 Å². The van der Waals surface area contributed by atoms with E-state index in [9.17, 15) is 9.59 Å². The summed E-state index contributed by atoms with van der Waals surface area (Å²) in [5.74, 6) is 0. The third-order valence-corrected chi connectivity index (χ3v) is 4.73. The monoisotopic (exact) mass is 384 g/mol. The molecule has 0 bridgehead atoms. The number of hydrogen-bond donors (Lipinski definition) is 2. The molecule has 0 radical (unpaired) electrons. The Morgan fingerprint density at radius 1 is 0.714 bits per heavy atom. The van der Waals surface area contributed by atoms with Gasteiger partial charge < -0.3 is 20.4 Å². The van der Waals surface area contributed by atoms with E-state index in [1.807, 2.05) is 50.2 Å². The highest BCUT2D eigenvalue weighted by Crippen LogP contribution is 2.29. The zero-order chi connectivity index (χ0) is 20.5. The van der Waals surface area contributed by atoms with Gasteiger partial charge in [0.15, 0.2) is 0 Å². The topological polar surface area (TPSA) is 64.7 Å². The Labute approximate surface area is 167 Å². The molecule has 0 fully saturated rings. The summed E-state index contributed by atoms with van der Waals surface area (Å²) >= 11 is 0. The van der Waals surface area contributed by atoms with Crippen molar-refractivity contribution >= 4 is 34.2 Å². The molecule has 0 unspecified atom stereocenters. The largest absolute Gasteiger partial charge is 0.325 e. The molecule has 2 rings (SSSR count). The lowest BCUT2D eigenvalue weighted by Gasteiger charge is -2.22. The molecule has 0 saturated carbocycles. The molecule has 152 valence electrons. The smallest absolute Gasteiger partial charge is 0.321 e. The molecule has 4 amide bonds. The minimum Gasteiger partial charge on any atom is -0.325 e. The molecule has 0 heterocycles. The van der Waals surface area contributed by atoms with E-state index in [4.69, 9.17) is 0 Å². The van der Waals surface area contributed by atoms with Crippen molar-refractivity contribution < 1.29 is 9.59 Å². The van der Waals surface area contributed by atoms with E-state index < -0.39 is 0 Å². The minimum atomic E-state index is -0.105. The number of nitrogens with one attached hydrogen (secondary N) is 2. The first-order valence-electron chi connectivity index (χ1n) is 10.2. The van der Waals surface area contributed by atoms with Crippen LogP contribution in [0.15, 0.2) is 36.4 Å². The molecule has 2 aromatic rings. The quantitative estimate of drug-likeness (QED) is 0.643. The molecule has 6 nitrogen and oxygen atoms in total. The molecule has 0 aliphatic rings. The SMILES string of the molecule is CCCN(CC)C(=O)Nc1cccc2c(NC(=O)N(CC)CCC)cccc12. The van der Waals surface area contributed by atoms with Crippen LogP contribution in [0.3, 0.4) is 0 Å². The maximum absolute atomic E-state index is 12.6. The average Bonchev–Trinajstić information content (AvgIpc) is 2.70. The van der Waals surface area contributed by atoms with Crippen molar-refractivity contribution in [1.82, 2.24) is 9.80 Å². The van der Waals surface area contributed by atoms with Crippen LogP contribution in [0, 0.1) is 0 Å². The molecule has 0 aliphatic heterocycles. The summed E-state index contributed by atoms with van der Waals surface area (Å²) in [7, 11) is 0. The van der Waals surface area contributed by atoms with Crippen molar-refractivity contribution in [3.05, 3.63) is 36.4 Å². The van der Waals surface area contributed by atoms with Crippen molar-refractivity contribution in [3.63, 3.8) is 0 Å². The number of rotatable bonds is 8. The Morgan fingerprint density at radius 3 is 1.43 bits per heavy atom. The van der Waals surface area contributed by atoms with Crippen molar-refractivity contribution in [3.8, 4) is 0 Å². The molecule has 0 spiro atoms. The van der Waals surface area contributed by atoms with Gasteiger partial charge >= 0.3 is 12.1 Å². The van der Waals surface area contributed by atoms with Crippen LogP contribution in [0.2, 0.25) is 0 Å². The summed E-state index contributed by atoms with van der Waals surface area (Å²) in [6.07, 6.45) is 1.83. The predicted octanol–water partition coefficient (Wildman–Crippen LogP) is 5.37. The van der Waals surface area contributed by atoms with Crippen LogP contribution in [-0.4, -0.2) is 48.0 Å². The fraction of sp³-hybridized carbons (Fsp3) is 0.455. The number of anilines is 2. The molecule has 0 aliphatic carbocycles. The van der Waals surface area contributed by atoms with E-state index in [0.717, 1.165) is 48.1 Å². The third kappa shape index (κ3) is 5.15. The lowest BCUT2D eigenvalue weighted by Crippen LogP contribution is -2.35. The number of carbonyl (C=O) groups is 2. The lowest BCUT2D eigenvalue weighted by molar-refractivity contribution is 0.214. The predicted molar refractivity (Wildman–Crippen MR) is 117 cm³/mol. The second-order valence-electron chi connectivity index (χ2n) is 6.73. The Hall–Kier alpha value is -2.76. The highest BCUT2D eigenvalue weighted by atomic mass is 16.2. The van der Waals surface area contributed by atoms with Gasteiger partial charge in [0.2, 0.25) is 0 Å². The molecule has 0 saturated heterocycles. The summed E-state index contributed by atoms with van der Waals surface area (Å²) in [6.45, 7) is 10.8. The van der Waals surface area contributed by atoms with Crippen LogP contribution in [0.5, 0.6) is 0 Å². The standard InChI is InChI=1S/C22H32N4O2/c1-5-15-25(7-3)21(27)23-19-13-9-12-18-17(19)11-10-14-20(18)24-22(28)26(8-4)16-6-2/h9-14H,5-8,15-16H2,1-4H3,(H,23,27)(H,24,28). The average molecular weight is 385 g/mol. The van der Waals surface area contributed by atoms with E-state index in [-0.39, 0.29) is 12.1 Å². The summed E-state index contributed by atoms with van der Waals surface area (Å²) in [6, 6.07) is 11.3. The third-order valence-electron chi connectivity index (χ3n) is 4.73. The number of carbonyl (C=O) groups excluding carboxylic acids is 2. The number of benzene rings is 2. The normalized spacial score (nSPS) is 10.6. The second-order valence-corrected chi connectivity index (χ2v) is 6.73. The minimum absolute atomic E-state index is 0.105. The van der Waals surface area contributed by atoms with Crippen LogP contribution in [0.25, 0.3) is 10.8 Å². The molecule has 6 heteroatoms. The molecule has 28 heavy (non-hydrogen) atoms. The highest BCUT2D eigenvalue weighted by molar-refractivity contribution is 6.08. The van der Waals surface area contributed by atoms with Crippen LogP contribution < -0.4 is 10.6 Å². The van der Waals surface area contributed by atoms with Gasteiger partial charge in [0.25, 0.3) is 0 Å². The van der Waals surface area contributed by atoms with E-state index >= 15 is 0 Å². The van der Waals surface area contributed by atoms with Gasteiger partial charge in [0.1, 0.15) is 0 Å². The number of amides is 4. The number of hydrogen-bond acceptors (Lipinski definition) is 2. The lowest BCUT2D eigenvalue weighted by atomic mass is 10.1. The molecular weight excluding hydrogens is 352 g/mol. The van der Waals surface area contributed by atoms with Gasteiger partial charge in [0, 0.05) is 37.0 Å². The zero-order valence-corrected chi connectivity index (χ0v) is 17.4. The molecular formula is C22H32N4O2. The van der Waals surface area contributed by atoms with Gasteiger partial charge in [-0.25, -0.2) is 9.59 Å². The first kappa shape index (κ1) is 21.5. The summed E-state index contributed by atoms with van der Waals surface area (Å²) in [5.41, 5.74) is 1.49. The number of fused-ring (bicyclic) bond motifs is 1. The number of urea groups is 2. The zero-order valence-electron chi connectivity index (χ0n) is 17.4. The molecule has 2 aromatic carbocycles. The Kier molecular flexibility index (Phi) is 8.11. The maximum atomic E-state index is 12.6. The van der Waals surface area contributed by atoms with Gasteiger partial charge in [-0.15, -0.1) is 0 Å². The van der Waals surface area contributed by atoms with Gasteiger partial charge in [-0.05, 0) is 38.8 Å². The first-order chi connectivity index (χ1) is 13.5. The highest BCUT2D eigenvalue weighted by Gasteiger charge is 2.15. The van der Waals surface area contributed by atoms with Gasteiger partial charge in [-0.1, -0.05) is 38.1 Å². The van der Waals surface area contributed by atoms with Crippen LogP contribution in [-0.2, 0) is 0 Å². The van der Waals surface area contributed by atoms with Crippen LogP contribution in [0.4, 0.5) is 21.0 Å². The molecule has 0 atom stereocenters. The number of nitrogens with zero attached hydrogens (tertiary/aromatic N) is 2. The summed E-state index contributed by atoms with van der Waals surface area (Å²) < 4.78 is 0.